The number of phenols is 1. The van der Waals surface area contributed by atoms with Gasteiger partial charge in [0.2, 0.25) is 0 Å². The molecule has 3 nitrogen and oxygen atoms in total. The summed E-state index contributed by atoms with van der Waals surface area (Å²) in [6.45, 7) is 3.97. The fourth-order valence-corrected chi connectivity index (χ4v) is 2.82. The second-order valence-corrected chi connectivity index (χ2v) is 6.07. The molecule has 1 aromatic carbocycles. The molecule has 104 valence electrons. The van der Waals surface area contributed by atoms with Crippen molar-refractivity contribution in [1.29, 1.82) is 0 Å². The highest BCUT2D eigenvalue weighted by molar-refractivity contribution is 6.30. The van der Waals surface area contributed by atoms with Crippen molar-refractivity contribution in [1.82, 2.24) is 0 Å². The van der Waals surface area contributed by atoms with Gasteiger partial charge in [0.15, 0.2) is 0 Å². The zero-order valence-corrected chi connectivity index (χ0v) is 11.9. The maximum atomic E-state index is 11.0. The van der Waals surface area contributed by atoms with Gasteiger partial charge in [-0.15, -0.1) is 0 Å². The fourth-order valence-electron chi connectivity index (χ4n) is 2.58. The molecule has 0 bridgehead atoms. The predicted octanol–water partition coefficient (Wildman–Crippen LogP) is 4.14. The number of aromatic hydroxyl groups is 1. The highest BCUT2D eigenvalue weighted by Gasteiger charge is 2.35. The van der Waals surface area contributed by atoms with E-state index >= 15 is 0 Å². The topological polar surface area (TPSA) is 57.5 Å². The van der Waals surface area contributed by atoms with Gasteiger partial charge in [-0.05, 0) is 47.9 Å². The summed E-state index contributed by atoms with van der Waals surface area (Å²) in [5.74, 6) is -0.226. The lowest BCUT2D eigenvalue weighted by Gasteiger charge is -2.20. The Kier molecular flexibility index (Phi) is 4.04. The molecule has 0 saturated heterocycles. The number of halogens is 1. The summed E-state index contributed by atoms with van der Waals surface area (Å²) in [4.78, 5) is 11.0. The number of carboxylic acid groups (broad SMARTS) is 1. The zero-order valence-electron chi connectivity index (χ0n) is 11.2. The summed E-state index contributed by atoms with van der Waals surface area (Å²) in [6.07, 6.45) is 2.11. The van der Waals surface area contributed by atoms with Crippen LogP contribution in [0.2, 0.25) is 5.02 Å². The predicted molar refractivity (Wildman–Crippen MR) is 74.9 cm³/mol. The molecule has 1 unspecified atom stereocenters. The van der Waals surface area contributed by atoms with Gasteiger partial charge in [-0.3, -0.25) is 4.79 Å². The smallest absolute Gasteiger partial charge is 0.303 e. The average molecular weight is 283 g/mol. The van der Waals surface area contributed by atoms with Crippen LogP contribution in [0.3, 0.4) is 0 Å². The van der Waals surface area contributed by atoms with Crippen LogP contribution in [0, 0.1) is 5.92 Å². The second kappa shape index (κ2) is 5.41. The summed E-state index contributed by atoms with van der Waals surface area (Å²) in [5.41, 5.74) is 1.49. The standard InChI is InChI=1S/C15H19ClO3/c1-8(2)11-5-10(16)6-13(15(11)19)12(7-14(17)18)9-3-4-9/h5-6,8-9,12,19H,3-4,7H2,1-2H3,(H,17,18). The van der Waals surface area contributed by atoms with Gasteiger partial charge in [-0.25, -0.2) is 0 Å². The monoisotopic (exact) mass is 282 g/mol. The first-order valence-corrected chi connectivity index (χ1v) is 7.02. The van der Waals surface area contributed by atoms with Crippen LogP contribution in [0.15, 0.2) is 12.1 Å². The van der Waals surface area contributed by atoms with E-state index < -0.39 is 5.97 Å². The Labute approximate surface area is 118 Å². The summed E-state index contributed by atoms with van der Waals surface area (Å²) in [7, 11) is 0. The van der Waals surface area contributed by atoms with Gasteiger partial charge in [0.25, 0.3) is 0 Å². The third-order valence-corrected chi connectivity index (χ3v) is 3.96. The number of benzene rings is 1. The van der Waals surface area contributed by atoms with Gasteiger partial charge in [-0.2, -0.15) is 0 Å². The molecule has 1 aliphatic rings. The molecule has 2 rings (SSSR count). The molecule has 4 heteroatoms. The summed E-state index contributed by atoms with van der Waals surface area (Å²) in [5, 5.41) is 20.0. The largest absolute Gasteiger partial charge is 0.507 e. The number of phenolic OH excluding ortho intramolecular Hbond substituents is 1. The fraction of sp³-hybridized carbons (Fsp3) is 0.533. The molecule has 1 aliphatic carbocycles. The maximum absolute atomic E-state index is 11.0. The van der Waals surface area contributed by atoms with Crippen molar-refractivity contribution in [3.63, 3.8) is 0 Å². The second-order valence-electron chi connectivity index (χ2n) is 5.63. The first-order chi connectivity index (χ1) is 8.90. The number of hydrogen-bond donors (Lipinski definition) is 2. The molecule has 0 aliphatic heterocycles. The first-order valence-electron chi connectivity index (χ1n) is 6.64. The lowest BCUT2D eigenvalue weighted by molar-refractivity contribution is -0.137. The number of hydrogen-bond acceptors (Lipinski definition) is 2. The minimum absolute atomic E-state index is 0.0517. The van der Waals surface area contributed by atoms with Crippen molar-refractivity contribution in [2.75, 3.05) is 0 Å². The Morgan fingerprint density at radius 3 is 2.42 bits per heavy atom. The van der Waals surface area contributed by atoms with Crippen LogP contribution in [0.4, 0.5) is 0 Å². The summed E-state index contributed by atoms with van der Waals surface area (Å²) in [6, 6.07) is 3.48. The Hall–Kier alpha value is -1.22. The molecule has 0 heterocycles. The molecular formula is C15H19ClO3. The van der Waals surface area contributed by atoms with Gasteiger partial charge in [0.1, 0.15) is 5.75 Å². The molecule has 19 heavy (non-hydrogen) atoms. The van der Waals surface area contributed by atoms with E-state index in [0.717, 1.165) is 18.4 Å². The molecule has 1 atom stereocenters. The van der Waals surface area contributed by atoms with Crippen LogP contribution in [-0.2, 0) is 4.79 Å². The van der Waals surface area contributed by atoms with Crippen molar-refractivity contribution >= 4 is 17.6 Å². The van der Waals surface area contributed by atoms with E-state index in [0.29, 0.717) is 16.5 Å². The first kappa shape index (κ1) is 14.2. The highest BCUT2D eigenvalue weighted by Crippen LogP contribution is 2.48. The van der Waals surface area contributed by atoms with E-state index in [4.69, 9.17) is 16.7 Å². The van der Waals surface area contributed by atoms with Crippen molar-refractivity contribution in [2.24, 2.45) is 5.92 Å². The highest BCUT2D eigenvalue weighted by atomic mass is 35.5. The van der Waals surface area contributed by atoms with Crippen LogP contribution < -0.4 is 0 Å². The van der Waals surface area contributed by atoms with Crippen molar-refractivity contribution in [3.8, 4) is 5.75 Å². The number of aliphatic carboxylic acids is 1. The zero-order chi connectivity index (χ0) is 14.2. The van der Waals surface area contributed by atoms with Crippen molar-refractivity contribution < 1.29 is 15.0 Å². The molecule has 1 fully saturated rings. The van der Waals surface area contributed by atoms with Crippen LogP contribution in [-0.4, -0.2) is 16.2 Å². The van der Waals surface area contributed by atoms with E-state index in [1.54, 1.807) is 12.1 Å². The number of rotatable bonds is 5. The minimum Gasteiger partial charge on any atom is -0.507 e. The van der Waals surface area contributed by atoms with E-state index in [1.807, 2.05) is 13.8 Å². The Bertz CT molecular complexity index is 492. The molecule has 0 aromatic heterocycles. The number of carboxylic acids is 1. The third-order valence-electron chi connectivity index (χ3n) is 3.74. The molecule has 2 N–H and O–H groups in total. The molecule has 0 radical (unpaired) electrons. The summed E-state index contributed by atoms with van der Waals surface area (Å²) < 4.78 is 0. The Balaban J connectivity index is 2.43. The van der Waals surface area contributed by atoms with Crippen molar-refractivity contribution in [3.05, 3.63) is 28.3 Å². The van der Waals surface area contributed by atoms with Gasteiger partial charge in [-0.1, -0.05) is 25.4 Å². The van der Waals surface area contributed by atoms with Crippen LogP contribution in [0.1, 0.15) is 56.1 Å². The maximum Gasteiger partial charge on any atom is 0.303 e. The Morgan fingerprint density at radius 1 is 1.37 bits per heavy atom. The van der Waals surface area contributed by atoms with Gasteiger partial charge in [0, 0.05) is 10.9 Å². The number of carbonyl (C=O) groups is 1. The van der Waals surface area contributed by atoms with Crippen LogP contribution in [0.25, 0.3) is 0 Å². The molecule has 0 spiro atoms. The van der Waals surface area contributed by atoms with E-state index in [-0.39, 0.29) is 24.0 Å². The van der Waals surface area contributed by atoms with Gasteiger partial charge < -0.3 is 10.2 Å². The average Bonchev–Trinajstić information content (AvgIpc) is 3.12. The van der Waals surface area contributed by atoms with E-state index in [9.17, 15) is 9.90 Å². The minimum atomic E-state index is -0.831. The normalized spacial score (nSPS) is 16.6. The Morgan fingerprint density at radius 2 is 1.95 bits per heavy atom. The molecular weight excluding hydrogens is 264 g/mol. The van der Waals surface area contributed by atoms with Gasteiger partial charge >= 0.3 is 5.97 Å². The summed E-state index contributed by atoms with van der Waals surface area (Å²) >= 11 is 6.11. The van der Waals surface area contributed by atoms with Gasteiger partial charge in [0.05, 0.1) is 6.42 Å². The third kappa shape index (κ3) is 3.21. The molecule has 0 amide bonds. The lowest BCUT2D eigenvalue weighted by Crippen LogP contribution is -2.09. The van der Waals surface area contributed by atoms with Crippen LogP contribution >= 0.6 is 11.6 Å². The lowest BCUT2D eigenvalue weighted by atomic mass is 9.87. The van der Waals surface area contributed by atoms with Crippen LogP contribution in [0.5, 0.6) is 5.75 Å². The van der Waals surface area contributed by atoms with E-state index in [2.05, 4.69) is 0 Å². The molecule has 1 aromatic rings. The van der Waals surface area contributed by atoms with Crippen molar-refractivity contribution in [2.45, 2.75) is 44.9 Å². The SMILES string of the molecule is CC(C)c1cc(Cl)cc(C(CC(=O)O)C2CC2)c1O. The molecule has 1 saturated carbocycles. The quantitative estimate of drug-likeness (QED) is 0.853. The van der Waals surface area contributed by atoms with E-state index in [1.165, 1.54) is 0 Å².